The van der Waals surface area contributed by atoms with Crippen molar-refractivity contribution in [3.63, 3.8) is 0 Å². The summed E-state index contributed by atoms with van der Waals surface area (Å²) in [4.78, 5) is 17.7. The molecule has 0 atom stereocenters. The van der Waals surface area contributed by atoms with Crippen molar-refractivity contribution in [2.45, 2.75) is 52.3 Å². The van der Waals surface area contributed by atoms with Gasteiger partial charge in [0.25, 0.3) is 0 Å². The molecular formula is C19H23F3N2O2. The Balaban J connectivity index is 1.56. The van der Waals surface area contributed by atoms with Crippen LogP contribution in [0.2, 0.25) is 0 Å². The number of hydrogen-bond donors (Lipinski definition) is 0. The highest BCUT2D eigenvalue weighted by atomic mass is 19.4. The lowest BCUT2D eigenvalue weighted by atomic mass is 9.60. The van der Waals surface area contributed by atoms with Gasteiger partial charge in [-0.2, -0.15) is 13.2 Å². The number of rotatable bonds is 1. The Hall–Kier alpha value is -2.05. The van der Waals surface area contributed by atoms with Crippen molar-refractivity contribution in [1.29, 1.82) is 0 Å². The van der Waals surface area contributed by atoms with Gasteiger partial charge >= 0.3 is 12.3 Å². The molecule has 0 radical (unpaired) electrons. The Kier molecular flexibility index (Phi) is 4.32. The van der Waals surface area contributed by atoms with Crippen LogP contribution >= 0.6 is 0 Å². The molecule has 3 rings (SSSR count). The van der Waals surface area contributed by atoms with Gasteiger partial charge in [0, 0.05) is 18.5 Å². The van der Waals surface area contributed by atoms with Crippen molar-refractivity contribution in [3.8, 4) is 0 Å². The van der Waals surface area contributed by atoms with Crippen molar-refractivity contribution in [2.24, 2.45) is 5.41 Å². The second-order valence-corrected chi connectivity index (χ2v) is 8.36. The van der Waals surface area contributed by atoms with Crippen molar-refractivity contribution in [1.82, 2.24) is 9.88 Å². The van der Waals surface area contributed by atoms with Crippen molar-refractivity contribution < 1.29 is 22.7 Å². The predicted octanol–water partition coefficient (Wildman–Crippen LogP) is 4.82. The third-order valence-electron chi connectivity index (χ3n) is 4.67. The van der Waals surface area contributed by atoms with Crippen LogP contribution in [0.3, 0.4) is 0 Å². The molecule has 2 heterocycles. The van der Waals surface area contributed by atoms with E-state index in [-0.39, 0.29) is 17.2 Å². The smallest absolute Gasteiger partial charge is 0.418 e. The van der Waals surface area contributed by atoms with Crippen molar-refractivity contribution in [3.05, 3.63) is 34.7 Å². The van der Waals surface area contributed by atoms with Crippen LogP contribution in [-0.4, -0.2) is 34.7 Å². The molecule has 0 bridgehead atoms. The summed E-state index contributed by atoms with van der Waals surface area (Å²) in [5.74, 6) is 0. The highest BCUT2D eigenvalue weighted by molar-refractivity contribution is 5.70. The summed E-state index contributed by atoms with van der Waals surface area (Å²) in [6.07, 6.45) is -1.13. The second-order valence-electron chi connectivity index (χ2n) is 8.36. The molecule has 1 aliphatic carbocycles. The number of alkyl halides is 3. The third-order valence-corrected chi connectivity index (χ3v) is 4.67. The molecule has 0 N–H and O–H groups in total. The summed E-state index contributed by atoms with van der Waals surface area (Å²) in [7, 11) is 0. The molecular weight excluding hydrogens is 345 g/mol. The van der Waals surface area contributed by atoms with Gasteiger partial charge in [-0.15, -0.1) is 0 Å². The first-order chi connectivity index (χ1) is 11.9. The zero-order chi connectivity index (χ0) is 19.3. The van der Waals surface area contributed by atoms with Gasteiger partial charge in [0.05, 0.1) is 17.0 Å². The van der Waals surface area contributed by atoms with Crippen LogP contribution in [0.25, 0.3) is 6.08 Å². The quantitative estimate of drug-likeness (QED) is 0.713. The second kappa shape index (κ2) is 5.99. The Morgan fingerprint density at radius 3 is 2.35 bits per heavy atom. The van der Waals surface area contributed by atoms with E-state index in [0.717, 1.165) is 24.5 Å². The summed E-state index contributed by atoms with van der Waals surface area (Å²) in [5.41, 5.74) is 0.585. The van der Waals surface area contributed by atoms with Crippen molar-refractivity contribution >= 4 is 12.2 Å². The molecule has 0 unspecified atom stereocenters. The monoisotopic (exact) mass is 368 g/mol. The van der Waals surface area contributed by atoms with Gasteiger partial charge in [0.15, 0.2) is 0 Å². The predicted molar refractivity (Wildman–Crippen MR) is 91.4 cm³/mol. The average molecular weight is 368 g/mol. The molecule has 1 spiro atoms. The first-order valence-electron chi connectivity index (χ1n) is 8.59. The highest BCUT2D eigenvalue weighted by Crippen LogP contribution is 2.52. The molecule has 26 heavy (non-hydrogen) atoms. The first kappa shape index (κ1) is 18.7. The number of nitrogens with zero attached hydrogens (tertiary/aromatic N) is 2. The minimum atomic E-state index is -4.37. The Labute approximate surface area is 151 Å². The van der Waals surface area contributed by atoms with Crippen LogP contribution in [0, 0.1) is 12.3 Å². The molecule has 1 amide bonds. The maximum atomic E-state index is 12.8. The molecule has 1 aliphatic heterocycles. The minimum Gasteiger partial charge on any atom is -0.444 e. The van der Waals surface area contributed by atoms with Crippen LogP contribution in [0.5, 0.6) is 0 Å². The van der Waals surface area contributed by atoms with Crippen LogP contribution < -0.4 is 0 Å². The first-order valence-corrected chi connectivity index (χ1v) is 8.59. The zero-order valence-electron chi connectivity index (χ0n) is 15.4. The lowest BCUT2D eigenvalue weighted by Crippen LogP contribution is -2.62. The molecule has 4 nitrogen and oxygen atoms in total. The SMILES string of the molecule is Cc1nc(C=C2CC3(C2)CN(C(=O)OC(C)(C)C)C3)ccc1C(F)(F)F. The van der Waals surface area contributed by atoms with Crippen LogP contribution in [0.15, 0.2) is 17.7 Å². The number of aromatic nitrogens is 1. The topological polar surface area (TPSA) is 42.4 Å². The molecule has 142 valence electrons. The molecule has 1 aromatic heterocycles. The maximum absolute atomic E-state index is 12.8. The lowest BCUT2D eigenvalue weighted by Gasteiger charge is -2.56. The fourth-order valence-electron chi connectivity index (χ4n) is 3.63. The molecule has 0 aromatic carbocycles. The third kappa shape index (κ3) is 3.86. The fraction of sp³-hybridized carbons (Fsp3) is 0.579. The fourth-order valence-corrected chi connectivity index (χ4v) is 3.63. The number of ether oxygens (including phenoxy) is 1. The zero-order valence-corrected chi connectivity index (χ0v) is 15.4. The average Bonchev–Trinajstić information content (AvgIpc) is 2.36. The van der Waals surface area contributed by atoms with Crippen molar-refractivity contribution in [2.75, 3.05) is 13.1 Å². The largest absolute Gasteiger partial charge is 0.444 e. The van der Waals surface area contributed by atoms with E-state index in [4.69, 9.17) is 4.74 Å². The van der Waals surface area contributed by atoms with Crippen LogP contribution in [0.4, 0.5) is 18.0 Å². The van der Waals surface area contributed by atoms with E-state index in [0.29, 0.717) is 18.8 Å². The van der Waals surface area contributed by atoms with Gasteiger partial charge < -0.3 is 9.64 Å². The molecule has 7 heteroatoms. The van der Waals surface area contributed by atoms with Gasteiger partial charge in [0.1, 0.15) is 5.60 Å². The van der Waals surface area contributed by atoms with E-state index in [1.54, 1.807) is 4.90 Å². The van der Waals surface area contributed by atoms with E-state index in [1.165, 1.54) is 13.0 Å². The number of aryl methyl sites for hydroxylation is 1. The van der Waals surface area contributed by atoms with Crippen LogP contribution in [-0.2, 0) is 10.9 Å². The summed E-state index contributed by atoms with van der Waals surface area (Å²) in [6, 6.07) is 2.48. The minimum absolute atomic E-state index is 0.0133. The number of amides is 1. The summed E-state index contributed by atoms with van der Waals surface area (Å²) < 4.78 is 43.7. The number of hydrogen-bond acceptors (Lipinski definition) is 3. The van der Waals surface area contributed by atoms with Gasteiger partial charge in [-0.25, -0.2) is 4.79 Å². The highest BCUT2D eigenvalue weighted by Gasteiger charge is 2.52. The molecule has 1 saturated heterocycles. The number of allylic oxidation sites excluding steroid dienone is 1. The normalized spacial score (nSPS) is 19.0. The van der Waals surface area contributed by atoms with E-state index < -0.39 is 17.3 Å². The molecule has 1 aromatic rings. The molecule has 2 aliphatic rings. The number of carbonyl (C=O) groups is 1. The number of pyridine rings is 1. The van der Waals surface area contributed by atoms with E-state index in [1.807, 2.05) is 26.8 Å². The van der Waals surface area contributed by atoms with Gasteiger partial charge in [-0.1, -0.05) is 5.57 Å². The van der Waals surface area contributed by atoms with E-state index in [2.05, 4.69) is 4.98 Å². The van der Waals surface area contributed by atoms with E-state index >= 15 is 0 Å². The lowest BCUT2D eigenvalue weighted by molar-refractivity contribution is -0.138. The Bertz CT molecular complexity index is 747. The standard InChI is InChI=1S/C19H23F3N2O2/c1-12-15(19(20,21)22)6-5-14(23-12)7-13-8-18(9-13)10-24(11-18)16(25)26-17(2,3)4/h5-7H,8-11H2,1-4H3. The van der Waals surface area contributed by atoms with E-state index in [9.17, 15) is 18.0 Å². The Morgan fingerprint density at radius 2 is 1.85 bits per heavy atom. The number of carbonyl (C=O) groups excluding carboxylic acids is 1. The maximum Gasteiger partial charge on any atom is 0.418 e. The summed E-state index contributed by atoms with van der Waals surface area (Å²) in [6.45, 7) is 8.21. The van der Waals surface area contributed by atoms with Gasteiger partial charge in [0.2, 0.25) is 0 Å². The molecule has 2 fully saturated rings. The van der Waals surface area contributed by atoms with Gasteiger partial charge in [-0.3, -0.25) is 4.98 Å². The number of halogens is 3. The molecule has 1 saturated carbocycles. The summed E-state index contributed by atoms with van der Waals surface area (Å²) >= 11 is 0. The van der Waals surface area contributed by atoms with Crippen LogP contribution in [0.1, 0.15) is 50.6 Å². The summed E-state index contributed by atoms with van der Waals surface area (Å²) in [5, 5.41) is 0. The number of likely N-dealkylation sites (tertiary alicyclic amines) is 1. The Morgan fingerprint density at radius 1 is 1.23 bits per heavy atom. The van der Waals surface area contributed by atoms with Gasteiger partial charge in [-0.05, 0) is 58.7 Å².